The molecule has 9 nitrogen and oxygen atoms in total. The lowest BCUT2D eigenvalue weighted by Crippen LogP contribution is -2.66. The lowest BCUT2D eigenvalue weighted by atomic mass is 9.83. The number of nitro groups is 1. The molecule has 50 heavy (non-hydrogen) atoms. The van der Waals surface area contributed by atoms with Gasteiger partial charge in [-0.05, 0) is 69.1 Å². The monoisotopic (exact) mass is 701 g/mol. The number of para-hydroxylation sites is 1. The first-order valence-electron chi connectivity index (χ1n) is 15.4. The van der Waals surface area contributed by atoms with Crippen molar-refractivity contribution in [1.82, 2.24) is 19.7 Å². The maximum absolute atomic E-state index is 14.4. The predicted molar refractivity (Wildman–Crippen MR) is 174 cm³/mol. The number of non-ortho nitro benzene ring substituents is 1. The zero-order valence-electron chi connectivity index (χ0n) is 27.2. The quantitative estimate of drug-likeness (QED) is 0.0651. The van der Waals surface area contributed by atoms with Gasteiger partial charge in [0.05, 0.1) is 27.6 Å². The lowest BCUT2D eigenvalue weighted by molar-refractivity contribution is -0.384. The van der Waals surface area contributed by atoms with Gasteiger partial charge in [0.15, 0.2) is 5.78 Å². The fourth-order valence-corrected chi connectivity index (χ4v) is 6.16. The van der Waals surface area contributed by atoms with Crippen LogP contribution in [0.15, 0.2) is 79.0 Å². The van der Waals surface area contributed by atoms with Crippen LogP contribution in [0.2, 0.25) is 0 Å². The van der Waals surface area contributed by atoms with E-state index in [-0.39, 0.29) is 31.4 Å². The van der Waals surface area contributed by atoms with Gasteiger partial charge in [-0.1, -0.05) is 18.2 Å². The van der Waals surface area contributed by atoms with Crippen molar-refractivity contribution in [3.63, 3.8) is 0 Å². The number of carbonyl (C=O) groups excluding carboxylic acids is 2. The molecule has 1 amide bonds. The van der Waals surface area contributed by atoms with Crippen LogP contribution < -0.4 is 0 Å². The van der Waals surface area contributed by atoms with E-state index in [1.165, 1.54) is 48.2 Å². The highest BCUT2D eigenvalue weighted by Gasteiger charge is 2.50. The van der Waals surface area contributed by atoms with Crippen LogP contribution >= 0.6 is 0 Å². The molecule has 1 N–H and O–H groups in total. The summed E-state index contributed by atoms with van der Waals surface area (Å²) < 4.78 is 82.9. The second-order valence-electron chi connectivity index (χ2n) is 12.6. The summed E-state index contributed by atoms with van der Waals surface area (Å²) in [4.78, 5) is 47.0. The van der Waals surface area contributed by atoms with Gasteiger partial charge in [-0.15, -0.1) is 0 Å². The summed E-state index contributed by atoms with van der Waals surface area (Å²) in [6, 6.07) is 12.8. The Hall–Kier alpha value is -5.02. The number of nitro benzene ring substituents is 1. The van der Waals surface area contributed by atoms with Gasteiger partial charge in [0.1, 0.15) is 0 Å². The van der Waals surface area contributed by atoms with Crippen molar-refractivity contribution in [3.05, 3.63) is 117 Å². The van der Waals surface area contributed by atoms with Crippen molar-refractivity contribution in [2.45, 2.75) is 30.9 Å². The van der Waals surface area contributed by atoms with Crippen LogP contribution in [-0.4, -0.2) is 82.1 Å². The van der Waals surface area contributed by atoms with Crippen molar-refractivity contribution in [1.29, 1.82) is 0 Å². The molecule has 2 heterocycles. The molecule has 0 spiro atoms. The standard InChI is InChI=1S/C35H33F6N5O4/c1-33(32(48)23-16-24(34(36,37)38)18-25(17-23)35(39,40)41)21-45(31(47)13-10-22-8-11-26(12-9-22)46(49)50)30(20-44(33)15-14-43(2)3)28-19-42-29-7-5-4-6-27(28)29/h4-13,16-19,30,42H,14-15,20-21H2,1-3H3. The molecule has 0 bridgehead atoms. The highest BCUT2D eigenvalue weighted by Crippen LogP contribution is 2.41. The number of hydrogen-bond acceptors (Lipinski definition) is 6. The first kappa shape index (κ1) is 36.3. The number of hydrogen-bond donors (Lipinski definition) is 1. The molecule has 3 aromatic carbocycles. The molecule has 2 atom stereocenters. The van der Waals surface area contributed by atoms with Gasteiger partial charge in [0.25, 0.3) is 5.69 Å². The molecule has 0 radical (unpaired) electrons. The number of alkyl halides is 6. The SMILES string of the molecule is CN(C)CCN1CC(c2c[nH]c3ccccc23)N(C(=O)C=Cc2ccc([N+](=O)[O-])cc2)CC1(C)C(=O)c1cc(C(F)(F)F)cc(C(F)(F)F)c1. The minimum Gasteiger partial charge on any atom is -0.361 e. The molecule has 15 heteroatoms. The number of H-pyrrole nitrogens is 1. The molecule has 4 aromatic rings. The molecule has 2 unspecified atom stereocenters. The molecule has 1 aliphatic heterocycles. The fraction of sp³-hybridized carbons (Fsp3) is 0.314. The lowest BCUT2D eigenvalue weighted by Gasteiger charge is -2.51. The van der Waals surface area contributed by atoms with E-state index >= 15 is 0 Å². The van der Waals surface area contributed by atoms with E-state index in [1.54, 1.807) is 25.2 Å². The number of carbonyl (C=O) groups is 2. The van der Waals surface area contributed by atoms with Gasteiger partial charge in [-0.2, -0.15) is 26.3 Å². The minimum absolute atomic E-state index is 0.0140. The summed E-state index contributed by atoms with van der Waals surface area (Å²) in [5.74, 6) is -1.60. The number of piperazine rings is 1. The molecular formula is C35H33F6N5O4. The molecule has 1 aliphatic rings. The van der Waals surface area contributed by atoms with Gasteiger partial charge >= 0.3 is 12.4 Å². The number of halogens is 6. The number of fused-ring (bicyclic) bond motifs is 1. The van der Waals surface area contributed by atoms with Gasteiger partial charge in [-0.25, -0.2) is 0 Å². The molecule has 1 aromatic heterocycles. The molecule has 1 fully saturated rings. The van der Waals surface area contributed by atoms with Crippen LogP contribution in [0.5, 0.6) is 0 Å². The number of aromatic amines is 1. The van der Waals surface area contributed by atoms with E-state index in [4.69, 9.17) is 0 Å². The molecule has 1 saturated heterocycles. The van der Waals surface area contributed by atoms with Crippen molar-refractivity contribution >= 4 is 34.4 Å². The minimum atomic E-state index is -5.17. The number of likely N-dealkylation sites (N-methyl/N-ethyl adjacent to an activating group) is 1. The highest BCUT2D eigenvalue weighted by molar-refractivity contribution is 6.04. The van der Waals surface area contributed by atoms with Crippen molar-refractivity contribution < 1.29 is 40.9 Å². The maximum atomic E-state index is 14.4. The summed E-state index contributed by atoms with van der Waals surface area (Å²) in [6.45, 7) is 1.63. The normalized spacial score (nSPS) is 19.1. The topological polar surface area (TPSA) is 103 Å². The molecule has 0 saturated carbocycles. The van der Waals surface area contributed by atoms with Crippen molar-refractivity contribution in [2.24, 2.45) is 0 Å². The third kappa shape index (κ3) is 7.58. The smallest absolute Gasteiger partial charge is 0.361 e. The van der Waals surface area contributed by atoms with E-state index in [9.17, 15) is 46.0 Å². The number of Topliss-reactive ketones (excluding diaryl/α,β-unsaturated/α-hetero) is 1. The van der Waals surface area contributed by atoms with Gasteiger partial charge in [0.2, 0.25) is 5.91 Å². The van der Waals surface area contributed by atoms with Gasteiger partial charge in [0, 0.05) is 72.6 Å². The van der Waals surface area contributed by atoms with Crippen LogP contribution in [0.25, 0.3) is 17.0 Å². The largest absolute Gasteiger partial charge is 0.416 e. The Morgan fingerprint density at radius 2 is 1.62 bits per heavy atom. The predicted octanol–water partition coefficient (Wildman–Crippen LogP) is 7.22. The number of nitrogens with one attached hydrogen (secondary N) is 1. The van der Waals surface area contributed by atoms with Crippen LogP contribution in [0.1, 0.15) is 45.6 Å². The summed E-state index contributed by atoms with van der Waals surface area (Å²) in [6.07, 6.45) is -5.96. The first-order valence-corrected chi connectivity index (χ1v) is 15.4. The number of nitrogens with zero attached hydrogens (tertiary/aromatic N) is 4. The second kappa shape index (κ2) is 13.7. The van der Waals surface area contributed by atoms with Gasteiger partial charge in [-0.3, -0.25) is 24.6 Å². The first-order chi connectivity index (χ1) is 23.4. The number of amides is 1. The van der Waals surface area contributed by atoms with E-state index in [2.05, 4.69) is 4.98 Å². The zero-order valence-corrected chi connectivity index (χ0v) is 27.2. The molecule has 0 aliphatic carbocycles. The van der Waals surface area contributed by atoms with E-state index in [0.29, 0.717) is 29.8 Å². The Morgan fingerprint density at radius 3 is 2.20 bits per heavy atom. The summed E-state index contributed by atoms with van der Waals surface area (Å²) in [7, 11) is 3.56. The molecular weight excluding hydrogens is 668 g/mol. The fourth-order valence-electron chi connectivity index (χ4n) is 6.16. The van der Waals surface area contributed by atoms with E-state index in [0.717, 1.165) is 10.9 Å². The van der Waals surface area contributed by atoms with Crippen molar-refractivity contribution in [3.8, 4) is 0 Å². The highest BCUT2D eigenvalue weighted by atomic mass is 19.4. The number of rotatable bonds is 9. The van der Waals surface area contributed by atoms with Crippen LogP contribution in [0, 0.1) is 10.1 Å². The van der Waals surface area contributed by atoms with E-state index in [1.807, 2.05) is 29.2 Å². The Bertz CT molecular complexity index is 1900. The summed E-state index contributed by atoms with van der Waals surface area (Å²) in [5.41, 5.74) is -4.02. The Balaban J connectivity index is 1.62. The Kier molecular flexibility index (Phi) is 9.94. The summed E-state index contributed by atoms with van der Waals surface area (Å²) >= 11 is 0. The van der Waals surface area contributed by atoms with Gasteiger partial charge < -0.3 is 14.8 Å². The number of benzene rings is 3. The Morgan fingerprint density at radius 1 is 1.00 bits per heavy atom. The van der Waals surface area contributed by atoms with Crippen LogP contribution in [0.4, 0.5) is 32.0 Å². The maximum Gasteiger partial charge on any atom is 0.416 e. The number of ketones is 1. The number of aromatic nitrogens is 1. The average Bonchev–Trinajstić information content (AvgIpc) is 3.49. The Labute approximate surface area is 282 Å². The molecule has 264 valence electrons. The summed E-state index contributed by atoms with van der Waals surface area (Å²) in [5, 5.41) is 11.9. The van der Waals surface area contributed by atoms with Crippen LogP contribution in [0.3, 0.4) is 0 Å². The third-order valence-corrected chi connectivity index (χ3v) is 8.89. The van der Waals surface area contributed by atoms with Crippen molar-refractivity contribution in [2.75, 3.05) is 40.3 Å². The average molecular weight is 702 g/mol. The third-order valence-electron chi connectivity index (χ3n) is 8.89. The second-order valence-corrected chi connectivity index (χ2v) is 12.6. The molecule has 5 rings (SSSR count). The zero-order chi connectivity index (χ0) is 36.6. The van der Waals surface area contributed by atoms with Crippen LogP contribution in [-0.2, 0) is 17.1 Å². The van der Waals surface area contributed by atoms with E-state index < -0.39 is 57.2 Å².